The standard InChI is InChI=1S/C22H26N2O2/c1-14-11-16(3)19(17(4)12-14)24-21(26)22(9-10-22)20(25)23-13-18-8-6-5-7-15(18)2/h5-8,11-12H,9-10,13H2,1-4H3,(H,23,25)(H,24,26). The molecule has 1 aliphatic rings. The van der Waals surface area contributed by atoms with Crippen LogP contribution < -0.4 is 10.6 Å². The molecule has 0 spiro atoms. The van der Waals surface area contributed by atoms with E-state index in [1.807, 2.05) is 64.1 Å². The van der Waals surface area contributed by atoms with Crippen molar-refractivity contribution in [1.29, 1.82) is 0 Å². The number of nitrogens with one attached hydrogen (secondary N) is 2. The zero-order valence-corrected chi connectivity index (χ0v) is 15.9. The molecular formula is C22H26N2O2. The summed E-state index contributed by atoms with van der Waals surface area (Å²) in [5, 5.41) is 5.95. The van der Waals surface area contributed by atoms with Gasteiger partial charge >= 0.3 is 0 Å². The minimum absolute atomic E-state index is 0.180. The maximum atomic E-state index is 12.8. The molecule has 4 nitrogen and oxygen atoms in total. The molecule has 0 saturated heterocycles. The van der Waals surface area contributed by atoms with Crippen LogP contribution in [0.1, 0.15) is 40.7 Å². The number of amides is 2. The summed E-state index contributed by atoms with van der Waals surface area (Å²) in [6.07, 6.45) is 1.20. The van der Waals surface area contributed by atoms with Crippen LogP contribution in [0.25, 0.3) is 0 Å². The van der Waals surface area contributed by atoms with E-state index in [1.165, 1.54) is 0 Å². The zero-order chi connectivity index (χ0) is 18.9. The lowest BCUT2D eigenvalue weighted by Crippen LogP contribution is -2.40. The van der Waals surface area contributed by atoms with Crippen molar-refractivity contribution in [1.82, 2.24) is 5.32 Å². The van der Waals surface area contributed by atoms with E-state index in [2.05, 4.69) is 10.6 Å². The third-order valence-electron chi connectivity index (χ3n) is 5.24. The zero-order valence-electron chi connectivity index (χ0n) is 15.9. The van der Waals surface area contributed by atoms with Crippen molar-refractivity contribution in [2.45, 2.75) is 47.1 Å². The van der Waals surface area contributed by atoms with Gasteiger partial charge in [0, 0.05) is 12.2 Å². The summed E-state index contributed by atoms with van der Waals surface area (Å²) < 4.78 is 0. The van der Waals surface area contributed by atoms with Crippen LogP contribution in [0, 0.1) is 33.1 Å². The minimum Gasteiger partial charge on any atom is -0.351 e. The van der Waals surface area contributed by atoms with Crippen LogP contribution in [0.4, 0.5) is 5.69 Å². The van der Waals surface area contributed by atoms with Gasteiger partial charge in [-0.15, -0.1) is 0 Å². The number of hydrogen-bond acceptors (Lipinski definition) is 2. The maximum Gasteiger partial charge on any atom is 0.240 e. The molecule has 0 heterocycles. The van der Waals surface area contributed by atoms with Gasteiger partial charge in [-0.1, -0.05) is 42.0 Å². The van der Waals surface area contributed by atoms with Crippen molar-refractivity contribution in [3.63, 3.8) is 0 Å². The molecule has 0 unspecified atom stereocenters. The fourth-order valence-corrected chi connectivity index (χ4v) is 3.45. The lowest BCUT2D eigenvalue weighted by molar-refractivity contribution is -0.134. The van der Waals surface area contributed by atoms with Gasteiger partial charge in [-0.3, -0.25) is 9.59 Å². The topological polar surface area (TPSA) is 58.2 Å². The van der Waals surface area contributed by atoms with E-state index < -0.39 is 5.41 Å². The van der Waals surface area contributed by atoms with Crippen LogP contribution in [0.3, 0.4) is 0 Å². The second-order valence-corrected chi connectivity index (χ2v) is 7.42. The van der Waals surface area contributed by atoms with E-state index in [4.69, 9.17) is 0 Å². The average Bonchev–Trinajstić information content (AvgIpc) is 3.39. The predicted octanol–water partition coefficient (Wildman–Crippen LogP) is 3.96. The van der Waals surface area contributed by atoms with E-state index in [0.29, 0.717) is 19.4 Å². The molecule has 0 aliphatic heterocycles. The molecule has 4 heteroatoms. The van der Waals surface area contributed by atoms with Gasteiger partial charge in [-0.25, -0.2) is 0 Å². The summed E-state index contributed by atoms with van der Waals surface area (Å²) >= 11 is 0. The number of hydrogen-bond donors (Lipinski definition) is 2. The summed E-state index contributed by atoms with van der Waals surface area (Å²) in [5.74, 6) is -0.379. The number of carbonyl (C=O) groups excluding carboxylic acids is 2. The SMILES string of the molecule is Cc1cc(C)c(NC(=O)C2(C(=O)NCc3ccccc3C)CC2)c(C)c1. The highest BCUT2D eigenvalue weighted by molar-refractivity contribution is 6.13. The highest BCUT2D eigenvalue weighted by Crippen LogP contribution is 2.47. The highest BCUT2D eigenvalue weighted by atomic mass is 16.2. The molecule has 0 aromatic heterocycles. The van der Waals surface area contributed by atoms with Crippen LogP contribution >= 0.6 is 0 Å². The molecule has 3 rings (SSSR count). The summed E-state index contributed by atoms with van der Waals surface area (Å²) in [6.45, 7) is 8.46. The van der Waals surface area contributed by atoms with E-state index in [9.17, 15) is 9.59 Å². The first-order valence-corrected chi connectivity index (χ1v) is 9.05. The summed E-state index contributed by atoms with van der Waals surface area (Å²) in [7, 11) is 0. The molecule has 26 heavy (non-hydrogen) atoms. The van der Waals surface area contributed by atoms with Crippen molar-refractivity contribution in [3.8, 4) is 0 Å². The molecule has 0 atom stereocenters. The Morgan fingerprint density at radius 3 is 2.12 bits per heavy atom. The fourth-order valence-electron chi connectivity index (χ4n) is 3.45. The number of carbonyl (C=O) groups is 2. The van der Waals surface area contributed by atoms with Gasteiger partial charge < -0.3 is 10.6 Å². The van der Waals surface area contributed by atoms with Crippen LogP contribution in [-0.2, 0) is 16.1 Å². The Labute approximate surface area is 155 Å². The van der Waals surface area contributed by atoms with Gasteiger partial charge in [0.25, 0.3) is 0 Å². The Kier molecular flexibility index (Phi) is 4.86. The van der Waals surface area contributed by atoms with Crippen molar-refractivity contribution >= 4 is 17.5 Å². The van der Waals surface area contributed by atoms with Gasteiger partial charge in [0.2, 0.25) is 11.8 Å². The number of rotatable bonds is 5. The first-order chi connectivity index (χ1) is 12.3. The molecule has 0 radical (unpaired) electrons. The lowest BCUT2D eigenvalue weighted by Gasteiger charge is -2.18. The van der Waals surface area contributed by atoms with Crippen molar-refractivity contribution in [2.24, 2.45) is 5.41 Å². The Bertz CT molecular complexity index is 843. The molecule has 2 aromatic rings. The Hall–Kier alpha value is -2.62. The molecule has 1 aliphatic carbocycles. The predicted molar refractivity (Wildman–Crippen MR) is 104 cm³/mol. The van der Waals surface area contributed by atoms with Gasteiger partial charge in [0.05, 0.1) is 0 Å². The largest absolute Gasteiger partial charge is 0.351 e. The van der Waals surface area contributed by atoms with Gasteiger partial charge in [-0.05, 0) is 62.8 Å². The van der Waals surface area contributed by atoms with Crippen molar-refractivity contribution in [3.05, 3.63) is 64.2 Å². The molecule has 136 valence electrons. The molecule has 1 fully saturated rings. The van der Waals surface area contributed by atoms with Crippen molar-refractivity contribution in [2.75, 3.05) is 5.32 Å². The monoisotopic (exact) mass is 350 g/mol. The van der Waals surface area contributed by atoms with Crippen molar-refractivity contribution < 1.29 is 9.59 Å². The van der Waals surface area contributed by atoms with Crippen LogP contribution in [0.15, 0.2) is 36.4 Å². The second-order valence-electron chi connectivity index (χ2n) is 7.42. The Morgan fingerprint density at radius 2 is 1.54 bits per heavy atom. The normalized spacial score (nSPS) is 14.6. The molecule has 2 N–H and O–H groups in total. The van der Waals surface area contributed by atoms with Crippen LogP contribution in [-0.4, -0.2) is 11.8 Å². The molecule has 1 saturated carbocycles. The van der Waals surface area contributed by atoms with Gasteiger partial charge in [-0.2, -0.15) is 0 Å². The first kappa shape index (κ1) is 18.2. The minimum atomic E-state index is -0.924. The smallest absolute Gasteiger partial charge is 0.240 e. The fraction of sp³-hybridized carbons (Fsp3) is 0.364. The molecule has 2 aromatic carbocycles. The molecule has 2 amide bonds. The highest BCUT2D eigenvalue weighted by Gasteiger charge is 2.56. The molecular weight excluding hydrogens is 324 g/mol. The number of benzene rings is 2. The number of aryl methyl sites for hydroxylation is 4. The summed E-state index contributed by atoms with van der Waals surface area (Å²) in [5.41, 5.74) is 5.30. The Balaban J connectivity index is 1.69. The Morgan fingerprint density at radius 1 is 0.923 bits per heavy atom. The lowest BCUT2D eigenvalue weighted by atomic mass is 10.0. The maximum absolute atomic E-state index is 12.8. The van der Waals surface area contributed by atoms with E-state index >= 15 is 0 Å². The summed E-state index contributed by atoms with van der Waals surface area (Å²) in [4.78, 5) is 25.5. The third-order valence-corrected chi connectivity index (χ3v) is 5.24. The van der Waals surface area contributed by atoms with Crippen LogP contribution in [0.2, 0.25) is 0 Å². The second kappa shape index (κ2) is 6.94. The quantitative estimate of drug-likeness (QED) is 0.802. The third kappa shape index (κ3) is 3.50. The average molecular weight is 350 g/mol. The first-order valence-electron chi connectivity index (χ1n) is 9.05. The van der Waals surface area contributed by atoms with Gasteiger partial charge in [0.15, 0.2) is 0 Å². The van der Waals surface area contributed by atoms with E-state index in [0.717, 1.165) is 33.5 Å². The molecule has 0 bridgehead atoms. The number of anilines is 1. The summed E-state index contributed by atoms with van der Waals surface area (Å²) in [6, 6.07) is 12.0. The van der Waals surface area contributed by atoms with Gasteiger partial charge in [0.1, 0.15) is 5.41 Å². The van der Waals surface area contributed by atoms with E-state index in [1.54, 1.807) is 0 Å². The van der Waals surface area contributed by atoms with E-state index in [-0.39, 0.29) is 11.8 Å². The van der Waals surface area contributed by atoms with Crippen LogP contribution in [0.5, 0.6) is 0 Å².